The minimum absolute atomic E-state index is 0.498. The van der Waals surface area contributed by atoms with Crippen LogP contribution in [0.2, 0.25) is 5.02 Å². The van der Waals surface area contributed by atoms with Crippen molar-refractivity contribution in [2.24, 2.45) is 0 Å². The van der Waals surface area contributed by atoms with Crippen LogP contribution in [0.1, 0.15) is 5.89 Å². The van der Waals surface area contributed by atoms with Crippen LogP contribution in [-0.4, -0.2) is 31.8 Å². The van der Waals surface area contributed by atoms with Gasteiger partial charge in [-0.3, -0.25) is 9.55 Å². The Hall–Kier alpha value is -3.62. The molecule has 0 aliphatic heterocycles. The first-order valence-corrected chi connectivity index (χ1v) is 11.4. The van der Waals surface area contributed by atoms with E-state index in [-0.39, 0.29) is 0 Å². The molecule has 9 heteroatoms. The molecule has 0 spiro atoms. The summed E-state index contributed by atoms with van der Waals surface area (Å²) in [6.45, 7) is 0. The number of hydrogen-bond donors (Lipinski definition) is 0. The number of benzene rings is 2. The molecule has 0 aliphatic carbocycles. The fraction of sp³-hybridized carbons (Fsp3) is 0.0833. The van der Waals surface area contributed by atoms with Crippen molar-refractivity contribution in [3.63, 3.8) is 0 Å². The summed E-state index contributed by atoms with van der Waals surface area (Å²) in [4.78, 5) is 8.52. The molecule has 0 saturated heterocycles. The van der Waals surface area contributed by atoms with Gasteiger partial charge in [-0.25, -0.2) is 4.98 Å². The van der Waals surface area contributed by atoms with Gasteiger partial charge in [-0.2, -0.15) is 0 Å². The Kier molecular flexibility index (Phi) is 6.10. The van der Waals surface area contributed by atoms with Gasteiger partial charge in [-0.15, -0.1) is 10.2 Å². The lowest BCUT2D eigenvalue weighted by molar-refractivity contribution is 0.414. The quantitative estimate of drug-likeness (QED) is 0.269. The Bertz CT molecular complexity index is 1350. The van der Waals surface area contributed by atoms with E-state index in [9.17, 15) is 0 Å². The molecule has 0 N–H and O–H groups in total. The molecular formula is C24H18ClN5O2S. The van der Waals surface area contributed by atoms with Crippen molar-refractivity contribution in [2.45, 2.75) is 10.9 Å². The predicted molar refractivity (Wildman–Crippen MR) is 128 cm³/mol. The summed E-state index contributed by atoms with van der Waals surface area (Å²) in [7, 11) is 1.64. The topological polar surface area (TPSA) is 78.9 Å². The molecule has 5 rings (SSSR count). The van der Waals surface area contributed by atoms with E-state index in [0.717, 1.165) is 33.5 Å². The molecule has 3 heterocycles. The average Bonchev–Trinajstić information content (AvgIpc) is 3.51. The Morgan fingerprint density at radius 3 is 2.42 bits per heavy atom. The fourth-order valence-corrected chi connectivity index (χ4v) is 4.20. The largest absolute Gasteiger partial charge is 0.497 e. The molecule has 0 atom stereocenters. The number of rotatable bonds is 7. The van der Waals surface area contributed by atoms with Crippen LogP contribution in [0.4, 0.5) is 0 Å². The molecule has 0 aliphatic rings. The van der Waals surface area contributed by atoms with Gasteiger partial charge in [-0.05, 0) is 60.7 Å². The maximum Gasteiger partial charge on any atom is 0.205 e. The summed E-state index contributed by atoms with van der Waals surface area (Å²) in [5.41, 5.74) is 2.76. The van der Waals surface area contributed by atoms with E-state index in [4.69, 9.17) is 20.8 Å². The second kappa shape index (κ2) is 9.48. The van der Waals surface area contributed by atoms with Gasteiger partial charge in [0.1, 0.15) is 5.75 Å². The zero-order valence-electron chi connectivity index (χ0n) is 17.6. The number of pyridine rings is 1. The van der Waals surface area contributed by atoms with E-state index >= 15 is 0 Å². The highest BCUT2D eigenvalue weighted by molar-refractivity contribution is 7.98. The third-order valence-corrected chi connectivity index (χ3v) is 6.08. The Labute approximate surface area is 199 Å². The predicted octanol–water partition coefficient (Wildman–Crippen LogP) is 5.94. The van der Waals surface area contributed by atoms with Gasteiger partial charge < -0.3 is 9.15 Å². The SMILES string of the molecule is COc1ccc(-n2c(SCc3ncc(-c4ccc(Cl)cc4)o3)nnc2-c2ccncc2)cc1. The van der Waals surface area contributed by atoms with Crippen molar-refractivity contribution >= 4 is 23.4 Å². The van der Waals surface area contributed by atoms with Crippen LogP contribution in [0.15, 0.2) is 88.8 Å². The normalized spacial score (nSPS) is 11.0. The third-order valence-electron chi connectivity index (χ3n) is 4.91. The monoisotopic (exact) mass is 475 g/mol. The number of halogens is 1. The molecule has 0 fully saturated rings. The Morgan fingerprint density at radius 1 is 0.939 bits per heavy atom. The minimum Gasteiger partial charge on any atom is -0.497 e. The molecule has 33 heavy (non-hydrogen) atoms. The molecule has 0 radical (unpaired) electrons. The van der Waals surface area contributed by atoms with Gasteiger partial charge in [-0.1, -0.05) is 23.4 Å². The van der Waals surface area contributed by atoms with E-state index < -0.39 is 0 Å². The van der Waals surface area contributed by atoms with Crippen molar-refractivity contribution in [1.82, 2.24) is 24.7 Å². The van der Waals surface area contributed by atoms with Crippen molar-refractivity contribution in [1.29, 1.82) is 0 Å². The summed E-state index contributed by atoms with van der Waals surface area (Å²) >= 11 is 7.47. The van der Waals surface area contributed by atoms with Crippen molar-refractivity contribution in [3.8, 4) is 34.1 Å². The van der Waals surface area contributed by atoms with E-state index in [1.807, 2.05) is 65.2 Å². The Morgan fingerprint density at radius 2 is 1.70 bits per heavy atom. The summed E-state index contributed by atoms with van der Waals surface area (Å²) < 4.78 is 13.2. The molecule has 3 aromatic heterocycles. The summed E-state index contributed by atoms with van der Waals surface area (Å²) in [5, 5.41) is 10.3. The highest BCUT2D eigenvalue weighted by atomic mass is 35.5. The van der Waals surface area contributed by atoms with Crippen LogP contribution >= 0.6 is 23.4 Å². The highest BCUT2D eigenvalue weighted by Gasteiger charge is 2.17. The zero-order chi connectivity index (χ0) is 22.6. The number of methoxy groups -OCH3 is 1. The van der Waals surface area contributed by atoms with Gasteiger partial charge in [0.05, 0.1) is 19.1 Å². The highest BCUT2D eigenvalue weighted by Crippen LogP contribution is 2.31. The number of hydrogen-bond acceptors (Lipinski definition) is 7. The van der Waals surface area contributed by atoms with Gasteiger partial charge in [0, 0.05) is 34.2 Å². The number of ether oxygens (including phenoxy) is 1. The first kappa shape index (κ1) is 21.2. The van der Waals surface area contributed by atoms with Gasteiger partial charge in [0.25, 0.3) is 0 Å². The van der Waals surface area contributed by atoms with Gasteiger partial charge in [0.2, 0.25) is 5.89 Å². The lowest BCUT2D eigenvalue weighted by atomic mass is 10.2. The number of thioether (sulfide) groups is 1. The molecule has 0 bridgehead atoms. The molecule has 5 aromatic rings. The summed E-state index contributed by atoms with van der Waals surface area (Å²) in [6, 6.07) is 19.0. The smallest absolute Gasteiger partial charge is 0.205 e. The zero-order valence-corrected chi connectivity index (χ0v) is 19.1. The second-order valence-electron chi connectivity index (χ2n) is 6.99. The number of oxazole rings is 1. The van der Waals surface area contributed by atoms with Crippen LogP contribution in [-0.2, 0) is 5.75 Å². The molecule has 0 saturated carbocycles. The van der Waals surface area contributed by atoms with Crippen LogP contribution in [0.25, 0.3) is 28.4 Å². The summed E-state index contributed by atoms with van der Waals surface area (Å²) in [6.07, 6.45) is 5.19. The molecule has 7 nitrogen and oxygen atoms in total. The maximum absolute atomic E-state index is 5.98. The third kappa shape index (κ3) is 4.62. The molecule has 0 unspecified atom stereocenters. The van der Waals surface area contributed by atoms with Crippen LogP contribution in [0.3, 0.4) is 0 Å². The average molecular weight is 476 g/mol. The van der Waals surface area contributed by atoms with E-state index in [2.05, 4.69) is 20.2 Å². The fourth-order valence-electron chi connectivity index (χ4n) is 3.27. The maximum atomic E-state index is 5.98. The molecule has 2 aromatic carbocycles. The van der Waals surface area contributed by atoms with Gasteiger partial charge >= 0.3 is 0 Å². The molecule has 0 amide bonds. The lowest BCUT2D eigenvalue weighted by Gasteiger charge is -2.10. The van der Waals surface area contributed by atoms with Crippen molar-refractivity contribution in [2.75, 3.05) is 7.11 Å². The number of aromatic nitrogens is 5. The van der Waals surface area contributed by atoms with Gasteiger partial charge in [0.15, 0.2) is 16.7 Å². The van der Waals surface area contributed by atoms with Crippen LogP contribution < -0.4 is 4.74 Å². The first-order valence-electron chi connectivity index (χ1n) is 10.0. The molecular weight excluding hydrogens is 458 g/mol. The lowest BCUT2D eigenvalue weighted by Crippen LogP contribution is -2.00. The van der Waals surface area contributed by atoms with Crippen molar-refractivity contribution < 1.29 is 9.15 Å². The van der Waals surface area contributed by atoms with Crippen LogP contribution in [0.5, 0.6) is 5.75 Å². The molecule has 164 valence electrons. The minimum atomic E-state index is 0.498. The summed E-state index contributed by atoms with van der Waals surface area (Å²) in [5.74, 6) is 3.29. The second-order valence-corrected chi connectivity index (χ2v) is 8.37. The first-order chi connectivity index (χ1) is 16.2. The van der Waals surface area contributed by atoms with E-state index in [1.54, 1.807) is 25.7 Å². The van der Waals surface area contributed by atoms with Crippen LogP contribution in [0, 0.1) is 0 Å². The Balaban J connectivity index is 1.43. The standard InChI is InChI=1S/C24H18ClN5O2S/c1-31-20-8-6-19(7-9-20)30-23(17-10-12-26-13-11-17)28-29-24(30)33-15-22-27-14-21(32-22)16-2-4-18(25)5-3-16/h2-14H,15H2,1H3. The number of nitrogens with zero attached hydrogens (tertiary/aromatic N) is 5. The van der Waals surface area contributed by atoms with E-state index in [1.165, 1.54) is 11.8 Å². The van der Waals surface area contributed by atoms with E-state index in [0.29, 0.717) is 22.4 Å². The van der Waals surface area contributed by atoms with Crippen molar-refractivity contribution in [3.05, 3.63) is 90.2 Å².